The Hall–Kier alpha value is -5.08. The van der Waals surface area contributed by atoms with Crippen molar-refractivity contribution in [3.63, 3.8) is 0 Å². The number of halogens is 2. The maximum Gasteiger partial charge on any atom is 0.329 e. The minimum absolute atomic E-state index is 0.00777. The molecular formula is C38H38Cl2N6O11S2. The number of benzene rings is 2. The summed E-state index contributed by atoms with van der Waals surface area (Å²) in [6, 6.07) is 6.24. The third kappa shape index (κ3) is 8.26. The molecule has 2 fully saturated rings. The van der Waals surface area contributed by atoms with E-state index in [0.717, 1.165) is 28.4 Å². The van der Waals surface area contributed by atoms with E-state index < -0.39 is 80.0 Å². The summed E-state index contributed by atoms with van der Waals surface area (Å²) in [5, 5.41) is 45.1. The van der Waals surface area contributed by atoms with Crippen LogP contribution in [-0.4, -0.2) is 111 Å². The van der Waals surface area contributed by atoms with Crippen LogP contribution in [0.1, 0.15) is 59.9 Å². The van der Waals surface area contributed by atoms with Crippen molar-refractivity contribution < 1.29 is 53.1 Å². The average molecular weight is 890 g/mol. The number of carbonyl (C=O) groups excluding carboxylic acids is 3. The molecule has 2 aliphatic rings. The lowest BCUT2D eigenvalue weighted by Gasteiger charge is -2.36. The first-order valence-corrected chi connectivity index (χ1v) is 20.3. The molecule has 6 unspecified atom stereocenters. The number of carbonyl (C=O) groups is 6. The summed E-state index contributed by atoms with van der Waals surface area (Å²) in [6.07, 6.45) is 0. The number of carboxylic acid groups (broad SMARTS) is 3. The van der Waals surface area contributed by atoms with Gasteiger partial charge in [0.25, 0.3) is 11.8 Å². The summed E-state index contributed by atoms with van der Waals surface area (Å²) in [5.74, 6) is -7.33. The number of nitrogens with one attached hydrogen (secondary N) is 3. The highest BCUT2D eigenvalue weighted by atomic mass is 35.5. The summed E-state index contributed by atoms with van der Waals surface area (Å²) in [7, 11) is 0. The molecule has 2 aliphatic heterocycles. The van der Waals surface area contributed by atoms with Gasteiger partial charge in [-0.2, -0.15) is 0 Å². The van der Waals surface area contributed by atoms with Crippen molar-refractivity contribution in [1.29, 1.82) is 0 Å². The molecule has 0 bridgehead atoms. The van der Waals surface area contributed by atoms with Crippen LogP contribution in [0, 0.1) is 13.8 Å². The van der Waals surface area contributed by atoms with Crippen molar-refractivity contribution >= 4 is 82.4 Å². The van der Waals surface area contributed by atoms with E-state index in [2.05, 4.69) is 26.3 Å². The smallest absolute Gasteiger partial charge is 0.329 e. The summed E-state index contributed by atoms with van der Waals surface area (Å²) in [6.45, 7) is 9.10. The Balaban J connectivity index is 1.43. The van der Waals surface area contributed by atoms with E-state index in [4.69, 9.17) is 32.2 Å². The van der Waals surface area contributed by atoms with Crippen molar-refractivity contribution in [3.8, 4) is 22.5 Å². The van der Waals surface area contributed by atoms with Gasteiger partial charge in [0.05, 0.1) is 15.4 Å². The van der Waals surface area contributed by atoms with E-state index in [1.807, 2.05) is 0 Å². The Bertz CT molecular complexity index is 2370. The molecule has 2 aromatic heterocycles. The number of rotatable bonds is 12. The predicted molar refractivity (Wildman–Crippen MR) is 217 cm³/mol. The molecule has 6 rings (SSSR count). The minimum atomic E-state index is -1.97. The molecule has 0 spiro atoms. The predicted octanol–water partition coefficient (Wildman–Crippen LogP) is 4.93. The molecule has 4 heterocycles. The second-order valence-electron chi connectivity index (χ2n) is 14.8. The Kier molecular flexibility index (Phi) is 12.2. The molecule has 2 saturated heterocycles. The van der Waals surface area contributed by atoms with E-state index in [0.29, 0.717) is 11.1 Å². The monoisotopic (exact) mass is 888 g/mol. The molecule has 21 heteroatoms. The quantitative estimate of drug-likeness (QED) is 0.110. The largest absolute Gasteiger partial charge is 0.480 e. The number of thioether (sulfide) groups is 2. The number of hydrogen-bond acceptors (Lipinski definition) is 13. The van der Waals surface area contributed by atoms with Crippen molar-refractivity contribution in [1.82, 2.24) is 31.2 Å². The van der Waals surface area contributed by atoms with Gasteiger partial charge in [0.1, 0.15) is 57.5 Å². The van der Waals surface area contributed by atoms with Crippen molar-refractivity contribution in [3.05, 3.63) is 81.2 Å². The van der Waals surface area contributed by atoms with Gasteiger partial charge in [0, 0.05) is 20.6 Å². The van der Waals surface area contributed by atoms with Crippen molar-refractivity contribution in [2.75, 3.05) is 0 Å². The number of nitrogens with zero attached hydrogens (tertiary/aromatic N) is 3. The molecular weight excluding hydrogens is 851 g/mol. The number of aliphatic carboxylic acids is 3. The molecule has 59 heavy (non-hydrogen) atoms. The van der Waals surface area contributed by atoms with E-state index >= 15 is 4.79 Å². The van der Waals surface area contributed by atoms with Crippen LogP contribution in [0.5, 0.6) is 0 Å². The van der Waals surface area contributed by atoms with E-state index in [9.17, 15) is 39.3 Å². The number of aromatic nitrogens is 2. The third-order valence-corrected chi connectivity index (χ3v) is 13.7. The van der Waals surface area contributed by atoms with Gasteiger partial charge in [-0.05, 0) is 53.7 Å². The molecule has 6 atom stereocenters. The first-order chi connectivity index (χ1) is 27.7. The molecule has 0 saturated carbocycles. The molecule has 0 radical (unpaired) electrons. The maximum absolute atomic E-state index is 15.2. The molecule has 4 aromatic rings. The van der Waals surface area contributed by atoms with Crippen LogP contribution in [0.25, 0.3) is 22.5 Å². The number of amides is 3. The van der Waals surface area contributed by atoms with Gasteiger partial charge in [0.2, 0.25) is 5.91 Å². The fourth-order valence-corrected chi connectivity index (χ4v) is 10.8. The first-order valence-electron chi connectivity index (χ1n) is 17.8. The van der Waals surface area contributed by atoms with Crippen LogP contribution in [0.3, 0.4) is 0 Å². The van der Waals surface area contributed by atoms with Crippen LogP contribution < -0.4 is 16.0 Å². The Morgan fingerprint density at radius 2 is 1.22 bits per heavy atom. The van der Waals surface area contributed by atoms with Crippen LogP contribution in [0.2, 0.25) is 10.0 Å². The second kappa shape index (κ2) is 16.5. The van der Waals surface area contributed by atoms with Gasteiger partial charge in [-0.15, -0.1) is 23.5 Å². The zero-order chi connectivity index (χ0) is 43.3. The zero-order valence-electron chi connectivity index (χ0n) is 32.1. The van der Waals surface area contributed by atoms with Gasteiger partial charge in [0.15, 0.2) is 6.04 Å². The molecule has 17 nitrogen and oxygen atoms in total. The van der Waals surface area contributed by atoms with Gasteiger partial charge >= 0.3 is 17.9 Å². The number of hydrogen-bond donors (Lipinski definition) is 6. The SMILES string of the molecule is Cc1onc(-c2ccccc2Cl)c1C(=O)NC(C(=O)N1C(C(NC(=O)c2c(-c3ccccc3Cl)noc2C)C(=O)O)SC(C)(C)C1C(=O)O)C1NC(C(=O)O)C(C)(C)S1. The lowest BCUT2D eigenvalue weighted by atomic mass is 9.99. The van der Waals surface area contributed by atoms with Crippen LogP contribution in [0.4, 0.5) is 0 Å². The molecule has 3 amide bonds. The normalized spacial score (nSPS) is 21.7. The Morgan fingerprint density at radius 3 is 1.64 bits per heavy atom. The summed E-state index contributed by atoms with van der Waals surface area (Å²) < 4.78 is 8.22. The van der Waals surface area contributed by atoms with Gasteiger partial charge in [-0.1, -0.05) is 69.9 Å². The summed E-state index contributed by atoms with van der Waals surface area (Å²) in [5.41, 5.74) is 0.393. The third-order valence-electron chi connectivity index (χ3n) is 9.96. The molecule has 6 N–H and O–H groups in total. The van der Waals surface area contributed by atoms with Crippen molar-refractivity contribution in [2.24, 2.45) is 0 Å². The highest BCUT2D eigenvalue weighted by Crippen LogP contribution is 2.48. The molecule has 0 aliphatic carbocycles. The first kappa shape index (κ1) is 43.5. The van der Waals surface area contributed by atoms with E-state index in [-0.39, 0.29) is 44.1 Å². The Labute approximate surface area is 354 Å². The highest BCUT2D eigenvalue weighted by molar-refractivity contribution is 8.02. The highest BCUT2D eigenvalue weighted by Gasteiger charge is 2.60. The zero-order valence-corrected chi connectivity index (χ0v) is 35.2. The van der Waals surface area contributed by atoms with Gasteiger partial charge in [-0.25, -0.2) is 9.59 Å². The van der Waals surface area contributed by atoms with Gasteiger partial charge in [-0.3, -0.25) is 24.5 Å². The number of carboxylic acids is 3. The lowest BCUT2D eigenvalue weighted by molar-refractivity contribution is -0.154. The van der Waals surface area contributed by atoms with E-state index in [1.54, 1.807) is 62.4 Å². The summed E-state index contributed by atoms with van der Waals surface area (Å²) in [4.78, 5) is 83.2. The second-order valence-corrected chi connectivity index (χ2v) is 19.2. The van der Waals surface area contributed by atoms with Crippen LogP contribution >= 0.6 is 46.7 Å². The van der Waals surface area contributed by atoms with Crippen molar-refractivity contribution in [2.45, 2.75) is 86.0 Å². The fraction of sp³-hybridized carbons (Fsp3) is 0.368. The topological polar surface area (TPSA) is 254 Å². The van der Waals surface area contributed by atoms with Crippen LogP contribution in [-0.2, 0) is 19.2 Å². The lowest BCUT2D eigenvalue weighted by Crippen LogP contribution is -2.64. The Morgan fingerprint density at radius 1 is 0.746 bits per heavy atom. The molecule has 2 aromatic carbocycles. The molecule has 312 valence electrons. The van der Waals surface area contributed by atoms with Gasteiger partial charge < -0.3 is 39.9 Å². The van der Waals surface area contributed by atoms with Crippen LogP contribution in [0.15, 0.2) is 57.6 Å². The maximum atomic E-state index is 15.2. The van der Waals surface area contributed by atoms with E-state index in [1.165, 1.54) is 27.7 Å². The minimum Gasteiger partial charge on any atom is -0.480 e. The standard InChI is InChI=1S/C38H38Cl2N6O11S2/c1-15-21(23(44-56-15)17-11-7-9-13-19(17)39)29(47)41-25(31-43-27(35(52)53)37(3,4)58-31)32(49)46-28(36(54)55)38(5,6)59-33(46)26(34(50)51)42-30(48)22-16(2)57-45-24(22)18-12-8-10-14-20(18)40/h7-14,25-28,31,33,43H,1-6H3,(H,41,47)(H,42,48)(H,50,51)(H,52,53)(H,54,55). The number of aryl methyl sites for hydroxylation is 2. The fourth-order valence-electron chi connectivity index (χ4n) is 7.20. The summed E-state index contributed by atoms with van der Waals surface area (Å²) >= 11 is 14.6. The average Bonchev–Trinajstić information content (AvgIpc) is 3.89.